The molecule has 34 heavy (non-hydrogen) atoms. The molecule has 2 aliphatic carbocycles. The zero-order valence-electron chi connectivity index (χ0n) is 19.2. The number of aromatic nitrogens is 1. The summed E-state index contributed by atoms with van der Waals surface area (Å²) in [6.07, 6.45) is 5.99. The highest BCUT2D eigenvalue weighted by Gasteiger charge is 2.33. The van der Waals surface area contributed by atoms with Gasteiger partial charge in [-0.3, -0.25) is 14.4 Å². The van der Waals surface area contributed by atoms with Crippen LogP contribution >= 0.6 is 11.6 Å². The van der Waals surface area contributed by atoms with E-state index in [1.807, 2.05) is 0 Å². The lowest BCUT2D eigenvalue weighted by Crippen LogP contribution is -2.50. The van der Waals surface area contributed by atoms with Crippen LogP contribution in [0.4, 0.5) is 0 Å². The van der Waals surface area contributed by atoms with Crippen LogP contribution < -0.4 is 15.4 Å². The molecule has 3 unspecified atom stereocenters. The van der Waals surface area contributed by atoms with Gasteiger partial charge in [0.25, 0.3) is 5.91 Å². The molecule has 2 saturated carbocycles. The van der Waals surface area contributed by atoms with Crippen LogP contribution in [0.25, 0.3) is 10.9 Å². The Morgan fingerprint density at radius 3 is 2.68 bits per heavy atom. The second kappa shape index (κ2) is 10.5. The molecule has 180 valence electrons. The molecule has 0 spiro atoms. The molecule has 0 saturated heterocycles. The lowest BCUT2D eigenvalue weighted by Gasteiger charge is -2.24. The lowest BCUT2D eigenvalue weighted by molar-refractivity contribution is -0.126. The summed E-state index contributed by atoms with van der Waals surface area (Å²) in [7, 11) is 1.54. The van der Waals surface area contributed by atoms with E-state index in [0.717, 1.165) is 37.5 Å². The maximum Gasteiger partial charge on any atom is 0.268 e. The van der Waals surface area contributed by atoms with Gasteiger partial charge in [-0.05, 0) is 43.7 Å². The number of rotatable bonds is 9. The van der Waals surface area contributed by atoms with E-state index in [-0.39, 0.29) is 17.4 Å². The Bertz CT molecular complexity index is 1130. The second-order valence-electron chi connectivity index (χ2n) is 9.30. The average molecular weight is 485 g/mol. The fourth-order valence-electron chi connectivity index (χ4n) is 4.57. The minimum atomic E-state index is -0.769. The van der Waals surface area contributed by atoms with E-state index < -0.39 is 23.9 Å². The van der Waals surface area contributed by atoms with E-state index in [1.165, 1.54) is 7.11 Å². The number of ketones is 1. The molecule has 9 heteroatoms. The monoisotopic (exact) mass is 484 g/mol. The zero-order valence-corrected chi connectivity index (χ0v) is 19.9. The SMILES string of the molecule is COc1cc(Cl)c2[nH]c(C(=O)NC(CC3CC3)C(=O)NC(C#N)CC3CCCCC3=O)cc2c1. The topological polar surface area (TPSA) is 124 Å². The van der Waals surface area contributed by atoms with Crippen molar-refractivity contribution in [2.24, 2.45) is 11.8 Å². The Morgan fingerprint density at radius 1 is 1.21 bits per heavy atom. The number of carbonyl (C=O) groups excluding carboxylic acids is 3. The summed E-state index contributed by atoms with van der Waals surface area (Å²) >= 11 is 6.29. The number of Topliss-reactive ketones (excluding diaryl/α,β-unsaturated/α-hetero) is 1. The third-order valence-electron chi connectivity index (χ3n) is 6.70. The Labute approximate surface area is 203 Å². The first kappa shape index (κ1) is 24.1. The molecule has 2 aliphatic rings. The van der Waals surface area contributed by atoms with Gasteiger partial charge < -0.3 is 20.4 Å². The summed E-state index contributed by atoms with van der Waals surface area (Å²) < 4.78 is 5.23. The predicted octanol–water partition coefficient (Wildman–Crippen LogP) is 3.89. The molecule has 0 radical (unpaired) electrons. The van der Waals surface area contributed by atoms with E-state index >= 15 is 0 Å². The van der Waals surface area contributed by atoms with Gasteiger partial charge in [-0.15, -0.1) is 0 Å². The van der Waals surface area contributed by atoms with Gasteiger partial charge in [0.15, 0.2) is 0 Å². The van der Waals surface area contributed by atoms with E-state index in [9.17, 15) is 19.6 Å². The van der Waals surface area contributed by atoms with Crippen LogP contribution in [0.1, 0.15) is 61.9 Å². The molecule has 2 amide bonds. The second-order valence-corrected chi connectivity index (χ2v) is 9.70. The van der Waals surface area contributed by atoms with Crippen molar-refractivity contribution in [3.63, 3.8) is 0 Å². The van der Waals surface area contributed by atoms with Gasteiger partial charge in [0.05, 0.1) is 23.7 Å². The molecule has 3 N–H and O–H groups in total. The number of nitrogens with zero attached hydrogens (tertiary/aromatic N) is 1. The number of ether oxygens (including phenoxy) is 1. The molecule has 8 nitrogen and oxygen atoms in total. The maximum absolute atomic E-state index is 13.1. The summed E-state index contributed by atoms with van der Waals surface area (Å²) in [5.41, 5.74) is 0.890. The van der Waals surface area contributed by atoms with Gasteiger partial charge in [-0.1, -0.05) is 30.9 Å². The van der Waals surface area contributed by atoms with Crippen LogP contribution in [0.15, 0.2) is 18.2 Å². The van der Waals surface area contributed by atoms with Crippen LogP contribution in [-0.2, 0) is 9.59 Å². The smallest absolute Gasteiger partial charge is 0.268 e. The number of halogens is 1. The van der Waals surface area contributed by atoms with Crippen molar-refractivity contribution >= 4 is 40.1 Å². The van der Waals surface area contributed by atoms with Crippen molar-refractivity contribution < 1.29 is 19.1 Å². The van der Waals surface area contributed by atoms with E-state index in [4.69, 9.17) is 16.3 Å². The van der Waals surface area contributed by atoms with Crippen molar-refractivity contribution in [2.75, 3.05) is 7.11 Å². The highest BCUT2D eigenvalue weighted by Crippen LogP contribution is 2.34. The molecule has 2 aromatic rings. The lowest BCUT2D eigenvalue weighted by atomic mass is 9.84. The molecule has 2 fully saturated rings. The highest BCUT2D eigenvalue weighted by atomic mass is 35.5. The molecule has 1 heterocycles. The number of fused-ring (bicyclic) bond motifs is 1. The number of hydrogen-bond acceptors (Lipinski definition) is 5. The number of H-pyrrole nitrogens is 1. The van der Waals surface area contributed by atoms with Crippen LogP contribution in [-0.4, -0.2) is 41.8 Å². The van der Waals surface area contributed by atoms with Crippen molar-refractivity contribution in [3.8, 4) is 11.8 Å². The van der Waals surface area contributed by atoms with Crippen molar-refractivity contribution in [3.05, 3.63) is 28.9 Å². The predicted molar refractivity (Wildman–Crippen MR) is 128 cm³/mol. The van der Waals surface area contributed by atoms with Gasteiger partial charge in [0, 0.05) is 23.8 Å². The van der Waals surface area contributed by atoms with Crippen LogP contribution in [0.2, 0.25) is 5.02 Å². The maximum atomic E-state index is 13.1. The van der Waals surface area contributed by atoms with Crippen LogP contribution in [0.5, 0.6) is 5.75 Å². The van der Waals surface area contributed by atoms with E-state index in [1.54, 1.807) is 18.2 Å². The molecular formula is C25H29ClN4O4. The first-order valence-electron chi connectivity index (χ1n) is 11.8. The molecular weight excluding hydrogens is 456 g/mol. The molecule has 4 rings (SSSR count). The largest absolute Gasteiger partial charge is 0.497 e. The molecule has 3 atom stereocenters. The van der Waals surface area contributed by atoms with Gasteiger partial charge >= 0.3 is 0 Å². The number of benzene rings is 1. The van der Waals surface area contributed by atoms with Gasteiger partial charge in [0.1, 0.15) is 29.3 Å². The van der Waals surface area contributed by atoms with Gasteiger partial charge in [-0.2, -0.15) is 5.26 Å². The molecule has 0 aliphatic heterocycles. The van der Waals surface area contributed by atoms with Crippen molar-refractivity contribution in [1.82, 2.24) is 15.6 Å². The number of carbonyl (C=O) groups is 3. The Hall–Kier alpha value is -3.05. The number of nitriles is 1. The molecule has 1 aromatic heterocycles. The summed E-state index contributed by atoms with van der Waals surface area (Å²) in [6, 6.07) is 5.67. The summed E-state index contributed by atoms with van der Waals surface area (Å²) in [4.78, 5) is 41.2. The summed E-state index contributed by atoms with van der Waals surface area (Å²) in [5.74, 6) is 0.0983. The van der Waals surface area contributed by atoms with Gasteiger partial charge in [0.2, 0.25) is 5.91 Å². The first-order valence-corrected chi connectivity index (χ1v) is 12.2. The zero-order chi connectivity index (χ0) is 24.2. The van der Waals surface area contributed by atoms with Crippen molar-refractivity contribution in [2.45, 2.75) is 63.5 Å². The Balaban J connectivity index is 1.44. The summed E-state index contributed by atoms with van der Waals surface area (Å²) in [5, 5.41) is 16.3. The number of nitrogens with one attached hydrogen (secondary N) is 3. The fourth-order valence-corrected chi connectivity index (χ4v) is 4.84. The Morgan fingerprint density at radius 2 is 2.00 bits per heavy atom. The minimum Gasteiger partial charge on any atom is -0.497 e. The van der Waals surface area contributed by atoms with Crippen LogP contribution in [0, 0.1) is 23.2 Å². The number of amides is 2. The Kier molecular flexibility index (Phi) is 7.42. The van der Waals surface area contributed by atoms with Gasteiger partial charge in [-0.25, -0.2) is 0 Å². The van der Waals surface area contributed by atoms with Crippen LogP contribution in [0.3, 0.4) is 0 Å². The molecule has 1 aromatic carbocycles. The molecule has 0 bridgehead atoms. The third kappa shape index (κ3) is 5.71. The first-order chi connectivity index (χ1) is 16.4. The average Bonchev–Trinajstić information content (AvgIpc) is 3.53. The number of aromatic amines is 1. The normalized spacial score (nSPS) is 19.8. The standard InChI is InChI=1S/C25H29ClN4O4/c1-34-18-10-16-11-21(29-23(16)19(26)12-18)25(33)30-20(8-14-6-7-14)24(32)28-17(13-27)9-15-4-2-3-5-22(15)31/h10-12,14-15,17,20,29H,2-9H2,1H3,(H,28,32)(H,30,33). The fraction of sp³-hybridized carbons (Fsp3) is 0.520. The summed E-state index contributed by atoms with van der Waals surface area (Å²) in [6.45, 7) is 0. The van der Waals surface area contributed by atoms with E-state index in [0.29, 0.717) is 41.5 Å². The number of hydrogen-bond donors (Lipinski definition) is 3. The quantitative estimate of drug-likeness (QED) is 0.498. The van der Waals surface area contributed by atoms with Crippen molar-refractivity contribution in [1.29, 1.82) is 5.26 Å². The minimum absolute atomic E-state index is 0.165. The third-order valence-corrected chi connectivity index (χ3v) is 6.99. The van der Waals surface area contributed by atoms with E-state index in [2.05, 4.69) is 21.7 Å². The highest BCUT2D eigenvalue weighted by molar-refractivity contribution is 6.35. The number of methoxy groups -OCH3 is 1.